The summed E-state index contributed by atoms with van der Waals surface area (Å²) in [4.78, 5) is 45.4. The molecule has 3 saturated heterocycles. The van der Waals surface area contributed by atoms with Crippen LogP contribution in [0.15, 0.2) is 48.5 Å². The van der Waals surface area contributed by atoms with E-state index >= 15 is 0 Å². The molecule has 0 saturated carbocycles. The normalized spacial score (nSPS) is 26.1. The standard InChI is InChI=1S/C31H40N4O5S/c1-4-34(5-2)22-12-8-20(9-13-22)33-29(38)27-31-17-16-24(41-31)25(26(31)30(39)35(27)18-7-19-36)28(37)32-21-10-14-23(15-11-21)40-6-3/h8-15,24-27,36H,4-7,16-19H2,1-3H3,(H,32,37)(H,33,38)/t24-,25+,26-,27?,31?/m0/s1. The Morgan fingerprint density at radius 3 is 2.27 bits per heavy atom. The van der Waals surface area contributed by atoms with E-state index in [1.165, 1.54) is 0 Å². The third-order valence-corrected chi connectivity index (χ3v) is 10.6. The van der Waals surface area contributed by atoms with Crippen molar-refractivity contribution in [3.63, 3.8) is 0 Å². The number of aliphatic hydroxyl groups is 1. The van der Waals surface area contributed by atoms with Gasteiger partial charge < -0.3 is 30.3 Å². The van der Waals surface area contributed by atoms with E-state index in [2.05, 4.69) is 29.4 Å². The van der Waals surface area contributed by atoms with Gasteiger partial charge in [0.25, 0.3) is 0 Å². The molecule has 0 aliphatic carbocycles. The molecular weight excluding hydrogens is 540 g/mol. The molecule has 0 aromatic heterocycles. The Kier molecular flexibility index (Phi) is 8.79. The zero-order chi connectivity index (χ0) is 29.1. The van der Waals surface area contributed by atoms with Crippen LogP contribution in [-0.4, -0.2) is 76.6 Å². The molecular formula is C31H40N4O5S. The van der Waals surface area contributed by atoms with Crippen LogP contribution in [0.4, 0.5) is 17.1 Å². The van der Waals surface area contributed by atoms with Crippen molar-refractivity contribution in [1.29, 1.82) is 0 Å². The smallest absolute Gasteiger partial charge is 0.248 e. The topological polar surface area (TPSA) is 111 Å². The molecule has 2 unspecified atom stereocenters. The van der Waals surface area contributed by atoms with Gasteiger partial charge in [0.1, 0.15) is 11.8 Å². The lowest BCUT2D eigenvalue weighted by molar-refractivity contribution is -0.138. The molecule has 41 heavy (non-hydrogen) atoms. The molecule has 3 N–H and O–H groups in total. The van der Waals surface area contributed by atoms with Gasteiger partial charge in [-0.1, -0.05) is 0 Å². The van der Waals surface area contributed by atoms with Gasteiger partial charge in [-0.2, -0.15) is 0 Å². The SMILES string of the molecule is CCOc1ccc(NC(=O)[C@@H]2[C@@H]3CCC4(S3)C(C(=O)Nc3ccc(N(CC)CC)cc3)N(CCCO)C(=O)[C@H]24)cc1. The number of nitrogens with zero attached hydrogens (tertiary/aromatic N) is 2. The monoisotopic (exact) mass is 580 g/mol. The van der Waals surface area contributed by atoms with Gasteiger partial charge in [-0.15, -0.1) is 11.8 Å². The summed E-state index contributed by atoms with van der Waals surface area (Å²) in [6.07, 6.45) is 1.83. The zero-order valence-electron chi connectivity index (χ0n) is 24.0. The molecule has 5 atom stereocenters. The summed E-state index contributed by atoms with van der Waals surface area (Å²) in [6.45, 7) is 8.65. The highest BCUT2D eigenvalue weighted by Crippen LogP contribution is 2.66. The minimum absolute atomic E-state index is 0.0321. The lowest BCUT2D eigenvalue weighted by Gasteiger charge is -2.34. The van der Waals surface area contributed by atoms with Gasteiger partial charge in [0, 0.05) is 48.6 Å². The van der Waals surface area contributed by atoms with Gasteiger partial charge in [0.15, 0.2) is 0 Å². The predicted molar refractivity (Wildman–Crippen MR) is 162 cm³/mol. The Bertz CT molecular complexity index is 1250. The summed E-state index contributed by atoms with van der Waals surface area (Å²) >= 11 is 1.63. The predicted octanol–water partition coefficient (Wildman–Crippen LogP) is 3.98. The number of carbonyl (C=O) groups excluding carboxylic acids is 3. The molecule has 9 nitrogen and oxygen atoms in total. The Morgan fingerprint density at radius 1 is 1.02 bits per heavy atom. The summed E-state index contributed by atoms with van der Waals surface area (Å²) in [6, 6.07) is 14.3. The Morgan fingerprint density at radius 2 is 1.66 bits per heavy atom. The number of benzene rings is 2. The molecule has 5 rings (SSSR count). The maximum absolute atomic E-state index is 14.0. The van der Waals surface area contributed by atoms with Crippen LogP contribution in [0.25, 0.3) is 0 Å². The van der Waals surface area contributed by atoms with Gasteiger partial charge >= 0.3 is 0 Å². The Balaban J connectivity index is 1.38. The van der Waals surface area contributed by atoms with E-state index in [1.807, 2.05) is 43.3 Å². The van der Waals surface area contributed by atoms with E-state index in [1.54, 1.807) is 28.8 Å². The molecule has 1 spiro atoms. The van der Waals surface area contributed by atoms with Gasteiger partial charge in [-0.3, -0.25) is 14.4 Å². The Hall–Kier alpha value is -3.24. The number of hydrogen-bond acceptors (Lipinski definition) is 7. The molecule has 2 bridgehead atoms. The van der Waals surface area contributed by atoms with Crippen LogP contribution in [0.3, 0.4) is 0 Å². The first-order chi connectivity index (χ1) is 19.9. The molecule has 10 heteroatoms. The molecule has 3 aliphatic heterocycles. The number of nitrogens with one attached hydrogen (secondary N) is 2. The Labute approximate surface area is 246 Å². The fourth-order valence-corrected chi connectivity index (χ4v) is 9.04. The second-order valence-electron chi connectivity index (χ2n) is 10.8. The van der Waals surface area contributed by atoms with Crippen LogP contribution in [-0.2, 0) is 14.4 Å². The van der Waals surface area contributed by atoms with Crippen molar-refractivity contribution in [2.75, 3.05) is 48.4 Å². The van der Waals surface area contributed by atoms with E-state index in [0.717, 1.165) is 30.9 Å². The molecule has 2 aromatic rings. The number of likely N-dealkylation sites (tertiary alicyclic amines) is 1. The first kappa shape index (κ1) is 29.3. The summed E-state index contributed by atoms with van der Waals surface area (Å²) < 4.78 is 4.82. The number of anilines is 3. The van der Waals surface area contributed by atoms with Crippen LogP contribution in [0.1, 0.15) is 40.0 Å². The molecule has 0 radical (unpaired) electrons. The average Bonchev–Trinajstić information content (AvgIpc) is 3.62. The van der Waals surface area contributed by atoms with Gasteiger partial charge in [-0.25, -0.2) is 0 Å². The van der Waals surface area contributed by atoms with Gasteiger partial charge in [0.05, 0.1) is 23.2 Å². The van der Waals surface area contributed by atoms with Crippen LogP contribution in [0.2, 0.25) is 0 Å². The maximum Gasteiger partial charge on any atom is 0.248 e. The molecule has 3 fully saturated rings. The van der Waals surface area contributed by atoms with Crippen LogP contribution in [0, 0.1) is 11.8 Å². The molecule has 3 amide bonds. The molecule has 220 valence electrons. The largest absolute Gasteiger partial charge is 0.494 e. The van der Waals surface area contributed by atoms with Gasteiger partial charge in [-0.05, 0) is 88.6 Å². The van der Waals surface area contributed by atoms with Crippen molar-refractivity contribution in [3.8, 4) is 5.75 Å². The second-order valence-corrected chi connectivity index (χ2v) is 12.4. The number of thioether (sulfide) groups is 1. The number of aliphatic hydroxyl groups excluding tert-OH is 1. The van der Waals surface area contributed by atoms with E-state index in [9.17, 15) is 19.5 Å². The van der Waals surface area contributed by atoms with Crippen molar-refractivity contribution in [1.82, 2.24) is 4.90 Å². The zero-order valence-corrected chi connectivity index (χ0v) is 24.8. The number of hydrogen-bond donors (Lipinski definition) is 3. The van der Waals surface area contributed by atoms with Crippen molar-refractivity contribution >= 4 is 46.5 Å². The van der Waals surface area contributed by atoms with E-state index in [-0.39, 0.29) is 36.1 Å². The molecule has 2 aromatic carbocycles. The third-order valence-electron chi connectivity index (χ3n) is 8.60. The van der Waals surface area contributed by atoms with Crippen LogP contribution in [0.5, 0.6) is 5.75 Å². The van der Waals surface area contributed by atoms with Crippen molar-refractivity contribution < 1.29 is 24.2 Å². The fraction of sp³-hybridized carbons (Fsp3) is 0.516. The lowest BCUT2D eigenvalue weighted by atomic mass is 9.70. The molecule has 3 aliphatic rings. The highest BCUT2D eigenvalue weighted by molar-refractivity contribution is 8.02. The molecule has 3 heterocycles. The number of carbonyl (C=O) groups is 3. The quantitative estimate of drug-likeness (QED) is 0.348. The summed E-state index contributed by atoms with van der Waals surface area (Å²) in [5.41, 5.74) is 2.40. The minimum atomic E-state index is -0.715. The van der Waals surface area contributed by atoms with Crippen molar-refractivity contribution in [3.05, 3.63) is 48.5 Å². The van der Waals surface area contributed by atoms with E-state index < -0.39 is 22.6 Å². The third kappa shape index (κ3) is 5.39. The highest BCUT2D eigenvalue weighted by atomic mass is 32.2. The summed E-state index contributed by atoms with van der Waals surface area (Å²) in [5, 5.41) is 15.6. The van der Waals surface area contributed by atoms with Crippen molar-refractivity contribution in [2.24, 2.45) is 11.8 Å². The second kappa shape index (κ2) is 12.3. The highest BCUT2D eigenvalue weighted by Gasteiger charge is 2.73. The van der Waals surface area contributed by atoms with Crippen LogP contribution >= 0.6 is 11.8 Å². The first-order valence-corrected chi connectivity index (χ1v) is 15.5. The number of fused-ring (bicyclic) bond motifs is 1. The fourth-order valence-electron chi connectivity index (χ4n) is 6.82. The minimum Gasteiger partial charge on any atom is -0.494 e. The first-order valence-electron chi connectivity index (χ1n) is 14.7. The summed E-state index contributed by atoms with van der Waals surface area (Å²) in [5.74, 6) is -1.00. The number of amides is 3. The van der Waals surface area contributed by atoms with Gasteiger partial charge in [0.2, 0.25) is 17.7 Å². The maximum atomic E-state index is 14.0. The van der Waals surface area contributed by atoms with E-state index in [0.29, 0.717) is 30.8 Å². The lowest BCUT2D eigenvalue weighted by Crippen LogP contribution is -2.51. The van der Waals surface area contributed by atoms with Crippen LogP contribution < -0.4 is 20.3 Å². The number of ether oxygens (including phenoxy) is 1. The number of rotatable bonds is 12. The summed E-state index contributed by atoms with van der Waals surface area (Å²) in [7, 11) is 0. The van der Waals surface area contributed by atoms with Crippen molar-refractivity contribution in [2.45, 2.75) is 56.1 Å². The van der Waals surface area contributed by atoms with E-state index in [4.69, 9.17) is 4.74 Å². The average molecular weight is 581 g/mol.